The Morgan fingerprint density at radius 1 is 1.50 bits per heavy atom. The largest absolute Gasteiger partial charge is 0.427 e. The fourth-order valence-corrected chi connectivity index (χ4v) is 1.56. The Morgan fingerprint density at radius 2 is 2.12 bits per heavy atom. The van der Waals surface area contributed by atoms with Crippen molar-refractivity contribution in [3.63, 3.8) is 0 Å². The molecule has 0 atom stereocenters. The first-order valence-corrected chi connectivity index (χ1v) is 6.77. The number of rotatable bonds is 2. The average molecular weight is 333 g/mol. The number of nitrogens with one attached hydrogen (secondary N) is 1. The first kappa shape index (κ1) is 13.2. The molecule has 0 aromatic heterocycles. The Bertz CT molecular complexity index is 521. The Hall–Kier alpha value is -0.860. The van der Waals surface area contributed by atoms with E-state index >= 15 is 0 Å². The minimum absolute atomic E-state index is 0.0360. The van der Waals surface area contributed by atoms with Crippen LogP contribution in [0.3, 0.4) is 0 Å². The van der Waals surface area contributed by atoms with Crippen LogP contribution in [0.4, 0.5) is 9.18 Å². The van der Waals surface area contributed by atoms with Gasteiger partial charge in [-0.25, -0.2) is 13.9 Å². The maximum absolute atomic E-state index is 12.8. The van der Waals surface area contributed by atoms with Gasteiger partial charge in [-0.15, -0.1) is 0 Å². The molecule has 5 nitrogen and oxygen atoms in total. The molecule has 9 heteroatoms. The number of carbonyl (C=O) groups excluding carboxylic acids is 1. The predicted octanol–water partition coefficient (Wildman–Crippen LogP) is 2.16. The molecule has 16 heavy (non-hydrogen) atoms. The Morgan fingerprint density at radius 3 is 2.62 bits per heavy atom. The minimum atomic E-state index is -4.20. The van der Waals surface area contributed by atoms with Crippen molar-refractivity contribution in [3.8, 4) is 5.75 Å². The third-order valence-corrected chi connectivity index (χ3v) is 2.56. The topological polar surface area (TPSA) is 72.5 Å². The third-order valence-electron chi connectivity index (χ3n) is 1.31. The summed E-state index contributed by atoms with van der Waals surface area (Å²) in [5.41, 5.74) is 0. The first-order chi connectivity index (χ1) is 7.28. The minimum Gasteiger partial charge on any atom is -0.410 e. The molecular weight excluding hydrogens is 329 g/mol. The lowest BCUT2D eigenvalue weighted by Crippen LogP contribution is -2.29. The van der Waals surface area contributed by atoms with Crippen LogP contribution >= 0.6 is 26.6 Å². The summed E-state index contributed by atoms with van der Waals surface area (Å²) < 4.78 is 39.6. The van der Waals surface area contributed by atoms with Crippen molar-refractivity contribution in [2.75, 3.05) is 0 Å². The summed E-state index contributed by atoms with van der Waals surface area (Å²) in [5, 5.41) is 0. The molecule has 1 rings (SSSR count). The fourth-order valence-electron chi connectivity index (χ4n) is 0.768. The van der Waals surface area contributed by atoms with Crippen molar-refractivity contribution in [3.05, 3.63) is 28.5 Å². The van der Waals surface area contributed by atoms with E-state index in [1.165, 1.54) is 4.72 Å². The summed E-state index contributed by atoms with van der Waals surface area (Å²) in [4.78, 5) is 10.9. The second-order valence-electron chi connectivity index (χ2n) is 2.51. The van der Waals surface area contributed by atoms with Gasteiger partial charge in [-0.3, -0.25) is 0 Å². The molecular formula is C7H4BrClFNO4S. The lowest BCUT2D eigenvalue weighted by atomic mass is 10.3. The highest BCUT2D eigenvalue weighted by molar-refractivity contribution is 9.10. The van der Waals surface area contributed by atoms with Crippen molar-refractivity contribution >= 4 is 41.9 Å². The van der Waals surface area contributed by atoms with Gasteiger partial charge in [0.2, 0.25) is 0 Å². The zero-order valence-electron chi connectivity index (χ0n) is 7.41. The molecule has 1 amide bonds. The molecule has 0 radical (unpaired) electrons. The number of carbonyl (C=O) groups is 1. The van der Waals surface area contributed by atoms with Crippen LogP contribution in [-0.4, -0.2) is 14.5 Å². The molecule has 0 heterocycles. The van der Waals surface area contributed by atoms with E-state index in [9.17, 15) is 17.6 Å². The SMILES string of the molecule is O=C(NS(=O)(=O)Cl)Oc1ccc(F)c(Br)c1. The van der Waals surface area contributed by atoms with E-state index in [0.29, 0.717) is 0 Å². The first-order valence-electron chi connectivity index (χ1n) is 3.67. The monoisotopic (exact) mass is 331 g/mol. The van der Waals surface area contributed by atoms with Gasteiger partial charge in [-0.1, -0.05) is 0 Å². The van der Waals surface area contributed by atoms with E-state index in [1.54, 1.807) is 0 Å². The smallest absolute Gasteiger partial charge is 0.410 e. The summed E-state index contributed by atoms with van der Waals surface area (Å²) >= 11 is 2.87. The molecule has 0 saturated carbocycles. The van der Waals surface area contributed by atoms with E-state index in [-0.39, 0.29) is 10.2 Å². The molecule has 0 saturated heterocycles. The van der Waals surface area contributed by atoms with Crippen molar-refractivity contribution in [2.45, 2.75) is 0 Å². The van der Waals surface area contributed by atoms with E-state index in [0.717, 1.165) is 18.2 Å². The molecule has 1 aromatic rings. The maximum Gasteiger partial charge on any atom is 0.427 e. The molecule has 0 fully saturated rings. The van der Waals surface area contributed by atoms with Crippen LogP contribution in [0.25, 0.3) is 0 Å². The lowest BCUT2D eigenvalue weighted by molar-refractivity contribution is 0.207. The Kier molecular flexibility index (Phi) is 4.11. The van der Waals surface area contributed by atoms with Crippen molar-refractivity contribution < 1.29 is 22.3 Å². The molecule has 0 aliphatic heterocycles. The summed E-state index contributed by atoms with van der Waals surface area (Å²) in [7, 11) is 0.542. The molecule has 0 bridgehead atoms. The van der Waals surface area contributed by atoms with Crippen LogP contribution in [0.15, 0.2) is 22.7 Å². The zero-order valence-corrected chi connectivity index (χ0v) is 10.6. The number of ether oxygens (including phenoxy) is 1. The number of hydrogen-bond acceptors (Lipinski definition) is 4. The number of benzene rings is 1. The average Bonchev–Trinajstić information content (AvgIpc) is 2.08. The van der Waals surface area contributed by atoms with E-state index in [1.807, 2.05) is 0 Å². The highest BCUT2D eigenvalue weighted by Gasteiger charge is 2.13. The van der Waals surface area contributed by atoms with Crippen LogP contribution in [-0.2, 0) is 9.24 Å². The van der Waals surface area contributed by atoms with Gasteiger partial charge in [0.25, 0.3) is 0 Å². The quantitative estimate of drug-likeness (QED) is 0.842. The second-order valence-corrected chi connectivity index (χ2v) is 5.66. The van der Waals surface area contributed by atoms with Crippen molar-refractivity contribution in [2.24, 2.45) is 0 Å². The Balaban J connectivity index is 2.74. The van der Waals surface area contributed by atoms with Gasteiger partial charge in [0, 0.05) is 10.7 Å². The van der Waals surface area contributed by atoms with E-state index in [2.05, 4.69) is 20.7 Å². The van der Waals surface area contributed by atoms with Gasteiger partial charge >= 0.3 is 15.3 Å². The highest BCUT2D eigenvalue weighted by Crippen LogP contribution is 2.21. The highest BCUT2D eigenvalue weighted by atomic mass is 79.9. The molecule has 0 spiro atoms. The molecule has 88 valence electrons. The summed E-state index contributed by atoms with van der Waals surface area (Å²) in [6.07, 6.45) is -1.28. The molecule has 0 aliphatic carbocycles. The van der Waals surface area contributed by atoms with Gasteiger partial charge in [-0.05, 0) is 34.1 Å². The fraction of sp³-hybridized carbons (Fsp3) is 0. The van der Waals surface area contributed by atoms with Crippen LogP contribution in [0.2, 0.25) is 0 Å². The van der Waals surface area contributed by atoms with E-state index < -0.39 is 21.1 Å². The summed E-state index contributed by atoms with van der Waals surface area (Å²) in [6, 6.07) is 3.36. The summed E-state index contributed by atoms with van der Waals surface area (Å²) in [5.74, 6) is -0.580. The third kappa shape index (κ3) is 4.33. The normalized spacial score (nSPS) is 10.9. The lowest BCUT2D eigenvalue weighted by Gasteiger charge is -2.04. The van der Waals surface area contributed by atoms with Crippen LogP contribution in [0.1, 0.15) is 0 Å². The van der Waals surface area contributed by atoms with Crippen LogP contribution in [0.5, 0.6) is 5.75 Å². The van der Waals surface area contributed by atoms with Gasteiger partial charge < -0.3 is 4.74 Å². The Labute approximate surface area is 103 Å². The zero-order chi connectivity index (χ0) is 12.3. The maximum atomic E-state index is 12.8. The molecule has 0 unspecified atom stereocenters. The summed E-state index contributed by atoms with van der Waals surface area (Å²) in [6.45, 7) is 0. The van der Waals surface area contributed by atoms with Gasteiger partial charge in [0.05, 0.1) is 4.47 Å². The van der Waals surface area contributed by atoms with Gasteiger partial charge in [0.15, 0.2) is 0 Å². The predicted molar refractivity (Wildman–Crippen MR) is 58.0 cm³/mol. The molecule has 0 aliphatic rings. The van der Waals surface area contributed by atoms with Gasteiger partial charge in [-0.2, -0.15) is 8.42 Å². The molecule has 1 aromatic carbocycles. The number of halogens is 3. The van der Waals surface area contributed by atoms with Gasteiger partial charge in [0.1, 0.15) is 11.6 Å². The number of hydrogen-bond donors (Lipinski definition) is 1. The second kappa shape index (κ2) is 4.98. The van der Waals surface area contributed by atoms with Crippen molar-refractivity contribution in [1.82, 2.24) is 4.72 Å². The number of amides is 1. The van der Waals surface area contributed by atoms with Crippen LogP contribution < -0.4 is 9.46 Å². The van der Waals surface area contributed by atoms with E-state index in [4.69, 9.17) is 10.7 Å². The van der Waals surface area contributed by atoms with Crippen LogP contribution in [0, 0.1) is 5.82 Å². The van der Waals surface area contributed by atoms with Crippen molar-refractivity contribution in [1.29, 1.82) is 0 Å². The standard InChI is InChI=1S/C7H4BrClFNO4S/c8-5-3-4(1-2-6(5)10)15-7(12)11-16(9,13)14/h1-3H,(H,11,12). The molecule has 1 N–H and O–H groups in total.